The summed E-state index contributed by atoms with van der Waals surface area (Å²) < 4.78 is 12.9. The molecule has 2 aliphatic heterocycles. The molecule has 114 valence electrons. The topological polar surface area (TPSA) is 35.6 Å². The molecule has 21 heavy (non-hydrogen) atoms. The second-order valence-corrected chi connectivity index (χ2v) is 5.87. The summed E-state index contributed by atoms with van der Waals surface area (Å²) in [7, 11) is 0. The molecule has 3 rings (SSSR count). The summed E-state index contributed by atoms with van der Waals surface area (Å²) >= 11 is 0. The number of hydrogen-bond acceptors (Lipinski definition) is 3. The Hall–Kier alpha value is -1.46. The minimum atomic E-state index is -0.259. The third kappa shape index (κ3) is 3.60. The van der Waals surface area contributed by atoms with Gasteiger partial charge in [0.1, 0.15) is 5.82 Å². The highest BCUT2D eigenvalue weighted by molar-refractivity contribution is 5.78. The molecule has 4 nitrogen and oxygen atoms in total. The van der Waals surface area contributed by atoms with Crippen LogP contribution in [-0.4, -0.2) is 61.0 Å². The number of carbonyl (C=O) groups is 1. The first kappa shape index (κ1) is 14.5. The molecule has 0 saturated carbocycles. The van der Waals surface area contributed by atoms with Gasteiger partial charge in [-0.1, -0.05) is 12.1 Å². The van der Waals surface area contributed by atoms with Gasteiger partial charge in [-0.05, 0) is 30.7 Å². The molecule has 1 aromatic rings. The first-order valence-corrected chi connectivity index (χ1v) is 7.69. The molecule has 1 atom stereocenters. The van der Waals surface area contributed by atoms with Crippen molar-refractivity contribution in [2.45, 2.75) is 18.9 Å². The highest BCUT2D eigenvalue weighted by atomic mass is 19.1. The van der Waals surface area contributed by atoms with Gasteiger partial charge in [0.25, 0.3) is 0 Å². The molecule has 1 amide bonds. The van der Waals surface area contributed by atoms with Crippen molar-refractivity contribution >= 4 is 5.91 Å². The van der Waals surface area contributed by atoms with E-state index in [-0.39, 0.29) is 11.7 Å². The molecule has 0 aromatic heterocycles. The van der Waals surface area contributed by atoms with Crippen molar-refractivity contribution in [2.75, 3.05) is 39.3 Å². The van der Waals surface area contributed by atoms with E-state index in [0.717, 1.165) is 44.8 Å². The molecule has 5 heteroatoms. The Labute approximate surface area is 124 Å². The Kier molecular flexibility index (Phi) is 4.51. The molecule has 1 N–H and O–H groups in total. The SMILES string of the molecule is O=C(Cc1ccc(F)cc1)N1CCN(C2CCNC2)CC1. The van der Waals surface area contributed by atoms with Crippen molar-refractivity contribution in [1.82, 2.24) is 15.1 Å². The number of halogens is 1. The predicted octanol–water partition coefficient (Wildman–Crippen LogP) is 0.874. The van der Waals surface area contributed by atoms with E-state index in [0.29, 0.717) is 12.5 Å². The maximum absolute atomic E-state index is 12.9. The highest BCUT2D eigenvalue weighted by Crippen LogP contribution is 2.13. The minimum absolute atomic E-state index is 0.144. The summed E-state index contributed by atoms with van der Waals surface area (Å²) in [5.41, 5.74) is 0.879. The predicted molar refractivity (Wildman–Crippen MR) is 79.5 cm³/mol. The Morgan fingerprint density at radius 1 is 1.19 bits per heavy atom. The van der Waals surface area contributed by atoms with Gasteiger partial charge >= 0.3 is 0 Å². The van der Waals surface area contributed by atoms with E-state index < -0.39 is 0 Å². The molecule has 2 aliphatic rings. The molecular weight excluding hydrogens is 269 g/mol. The summed E-state index contributed by atoms with van der Waals surface area (Å²) in [5, 5.41) is 3.39. The lowest BCUT2D eigenvalue weighted by molar-refractivity contribution is -0.132. The third-order valence-corrected chi connectivity index (χ3v) is 4.49. The maximum atomic E-state index is 12.9. The van der Waals surface area contributed by atoms with Crippen LogP contribution in [0.4, 0.5) is 4.39 Å². The molecule has 0 bridgehead atoms. The van der Waals surface area contributed by atoms with Crippen LogP contribution in [0.5, 0.6) is 0 Å². The largest absolute Gasteiger partial charge is 0.340 e. The lowest BCUT2D eigenvalue weighted by atomic mass is 10.1. The number of hydrogen-bond donors (Lipinski definition) is 1. The van der Waals surface area contributed by atoms with Crippen LogP contribution < -0.4 is 5.32 Å². The van der Waals surface area contributed by atoms with E-state index in [4.69, 9.17) is 0 Å². The van der Waals surface area contributed by atoms with Gasteiger partial charge in [0.2, 0.25) is 5.91 Å². The third-order valence-electron chi connectivity index (χ3n) is 4.49. The molecular formula is C16H22FN3O. The maximum Gasteiger partial charge on any atom is 0.227 e. The van der Waals surface area contributed by atoms with E-state index in [2.05, 4.69) is 10.2 Å². The van der Waals surface area contributed by atoms with Crippen LogP contribution in [0.15, 0.2) is 24.3 Å². The number of nitrogens with one attached hydrogen (secondary N) is 1. The van der Waals surface area contributed by atoms with E-state index >= 15 is 0 Å². The normalized spacial score (nSPS) is 23.5. The van der Waals surface area contributed by atoms with Gasteiger partial charge in [-0.25, -0.2) is 4.39 Å². The van der Waals surface area contributed by atoms with Crippen molar-refractivity contribution in [2.24, 2.45) is 0 Å². The van der Waals surface area contributed by atoms with Crippen molar-refractivity contribution in [3.8, 4) is 0 Å². The molecule has 1 unspecified atom stereocenters. The van der Waals surface area contributed by atoms with E-state index in [1.165, 1.54) is 18.6 Å². The highest BCUT2D eigenvalue weighted by Gasteiger charge is 2.27. The van der Waals surface area contributed by atoms with Crippen molar-refractivity contribution in [3.05, 3.63) is 35.6 Å². The fourth-order valence-corrected chi connectivity index (χ4v) is 3.18. The van der Waals surface area contributed by atoms with Crippen molar-refractivity contribution in [1.29, 1.82) is 0 Å². The van der Waals surface area contributed by atoms with Gasteiger partial charge < -0.3 is 10.2 Å². The fourth-order valence-electron chi connectivity index (χ4n) is 3.18. The second-order valence-electron chi connectivity index (χ2n) is 5.87. The zero-order valence-corrected chi connectivity index (χ0v) is 12.2. The molecule has 2 saturated heterocycles. The van der Waals surface area contributed by atoms with Crippen LogP contribution in [0, 0.1) is 5.82 Å². The molecule has 0 radical (unpaired) electrons. The Balaban J connectivity index is 1.49. The standard InChI is InChI=1S/C16H22FN3O/c17-14-3-1-13(2-4-14)11-16(21)20-9-7-19(8-10-20)15-5-6-18-12-15/h1-4,15,18H,5-12H2. The monoisotopic (exact) mass is 291 g/mol. The summed E-state index contributed by atoms with van der Waals surface area (Å²) in [6, 6.07) is 6.84. The molecule has 1 aromatic carbocycles. The van der Waals surface area contributed by atoms with Gasteiger partial charge in [-0.2, -0.15) is 0 Å². The van der Waals surface area contributed by atoms with Gasteiger partial charge in [0.05, 0.1) is 6.42 Å². The summed E-state index contributed by atoms with van der Waals surface area (Å²) in [5.74, 6) is -0.115. The number of amides is 1. The molecule has 0 spiro atoms. The number of carbonyl (C=O) groups excluding carboxylic acids is 1. The van der Waals surface area contributed by atoms with Crippen LogP contribution in [0.25, 0.3) is 0 Å². The lowest BCUT2D eigenvalue weighted by Gasteiger charge is -2.37. The van der Waals surface area contributed by atoms with Crippen LogP contribution in [0.2, 0.25) is 0 Å². The van der Waals surface area contributed by atoms with Crippen LogP contribution in [0.3, 0.4) is 0 Å². The minimum Gasteiger partial charge on any atom is -0.340 e. The average molecular weight is 291 g/mol. The first-order chi connectivity index (χ1) is 10.2. The molecule has 0 aliphatic carbocycles. The Bertz CT molecular complexity index is 477. The number of nitrogens with zero attached hydrogens (tertiary/aromatic N) is 2. The van der Waals surface area contributed by atoms with Crippen molar-refractivity contribution in [3.63, 3.8) is 0 Å². The van der Waals surface area contributed by atoms with Crippen LogP contribution >= 0.6 is 0 Å². The zero-order chi connectivity index (χ0) is 14.7. The van der Waals surface area contributed by atoms with Gasteiger partial charge in [0.15, 0.2) is 0 Å². The summed E-state index contributed by atoms with van der Waals surface area (Å²) in [4.78, 5) is 16.7. The first-order valence-electron chi connectivity index (χ1n) is 7.69. The molecule has 2 heterocycles. The Morgan fingerprint density at radius 2 is 1.90 bits per heavy atom. The van der Waals surface area contributed by atoms with Crippen molar-refractivity contribution < 1.29 is 9.18 Å². The fraction of sp³-hybridized carbons (Fsp3) is 0.562. The number of piperazine rings is 1. The van der Waals surface area contributed by atoms with E-state index in [9.17, 15) is 9.18 Å². The lowest BCUT2D eigenvalue weighted by Crippen LogP contribution is -2.52. The summed E-state index contributed by atoms with van der Waals surface area (Å²) in [6.45, 7) is 5.70. The van der Waals surface area contributed by atoms with Crippen LogP contribution in [0.1, 0.15) is 12.0 Å². The quantitative estimate of drug-likeness (QED) is 0.898. The number of benzene rings is 1. The van der Waals surface area contributed by atoms with Gasteiger partial charge in [0, 0.05) is 38.8 Å². The Morgan fingerprint density at radius 3 is 2.52 bits per heavy atom. The summed E-state index contributed by atoms with van der Waals surface area (Å²) in [6.07, 6.45) is 1.58. The zero-order valence-electron chi connectivity index (χ0n) is 12.2. The van der Waals surface area contributed by atoms with E-state index in [1.807, 2.05) is 4.90 Å². The number of rotatable bonds is 3. The van der Waals surface area contributed by atoms with Gasteiger partial charge in [-0.3, -0.25) is 9.69 Å². The van der Waals surface area contributed by atoms with Gasteiger partial charge in [-0.15, -0.1) is 0 Å². The second kappa shape index (κ2) is 6.54. The van der Waals surface area contributed by atoms with E-state index in [1.54, 1.807) is 12.1 Å². The average Bonchev–Trinajstić information content (AvgIpc) is 3.04. The smallest absolute Gasteiger partial charge is 0.227 e. The van der Waals surface area contributed by atoms with Crippen LogP contribution in [-0.2, 0) is 11.2 Å². The molecule has 2 fully saturated rings.